The zero-order valence-electron chi connectivity index (χ0n) is 8.83. The summed E-state index contributed by atoms with van der Waals surface area (Å²) in [6.45, 7) is 0.969. The van der Waals surface area contributed by atoms with E-state index in [-0.39, 0.29) is 0 Å². The smallest absolute Gasteiger partial charge is 0.0532 e. The van der Waals surface area contributed by atoms with Gasteiger partial charge in [-0.15, -0.1) is 0 Å². The van der Waals surface area contributed by atoms with Crippen molar-refractivity contribution in [1.82, 2.24) is 5.43 Å². The Labute approximate surface area is 93.9 Å². The zero-order valence-corrected chi connectivity index (χ0v) is 8.83. The fraction of sp³-hybridized carbons (Fsp3) is 0.143. The summed E-state index contributed by atoms with van der Waals surface area (Å²) in [7, 11) is 0. The van der Waals surface area contributed by atoms with Crippen molar-refractivity contribution in [3.05, 3.63) is 47.5 Å². The number of rotatable bonds is 0. The standard InChI is InChI=1S/C14H12N2/c1-2-9-4-5-11-8-15-16-12-7-6-10(3-1)13(9)14(11)12/h1-7,11,15-16H,8H2. The van der Waals surface area contributed by atoms with Crippen molar-refractivity contribution in [1.29, 1.82) is 0 Å². The number of hydrogen-bond acceptors (Lipinski definition) is 2. The quantitative estimate of drug-likeness (QED) is 0.695. The van der Waals surface area contributed by atoms with Gasteiger partial charge >= 0.3 is 0 Å². The highest BCUT2D eigenvalue weighted by molar-refractivity contribution is 5.99. The van der Waals surface area contributed by atoms with Crippen LogP contribution in [0.15, 0.2) is 36.4 Å². The topological polar surface area (TPSA) is 24.1 Å². The maximum atomic E-state index is 3.26. The maximum Gasteiger partial charge on any atom is 0.0532 e. The zero-order chi connectivity index (χ0) is 10.5. The van der Waals surface area contributed by atoms with Crippen molar-refractivity contribution in [2.24, 2.45) is 0 Å². The molecule has 1 aliphatic heterocycles. The average Bonchev–Trinajstić information content (AvgIpc) is 2.36. The Morgan fingerprint density at radius 1 is 1.12 bits per heavy atom. The van der Waals surface area contributed by atoms with Crippen molar-refractivity contribution in [3.63, 3.8) is 0 Å². The highest BCUT2D eigenvalue weighted by Crippen LogP contribution is 2.40. The van der Waals surface area contributed by atoms with Crippen molar-refractivity contribution in [2.45, 2.75) is 5.92 Å². The third-order valence-electron chi connectivity index (χ3n) is 3.54. The number of hydrogen-bond donors (Lipinski definition) is 2. The normalized spacial score (nSPS) is 20.9. The first kappa shape index (κ1) is 8.36. The van der Waals surface area contributed by atoms with Crippen LogP contribution in [0.25, 0.3) is 16.8 Å². The van der Waals surface area contributed by atoms with E-state index in [1.807, 2.05) is 0 Å². The number of benzene rings is 2. The van der Waals surface area contributed by atoms with Crippen molar-refractivity contribution in [2.75, 3.05) is 12.0 Å². The van der Waals surface area contributed by atoms with Gasteiger partial charge in [0.25, 0.3) is 0 Å². The minimum atomic E-state index is 0.509. The lowest BCUT2D eigenvalue weighted by atomic mass is 9.84. The molecule has 2 aromatic carbocycles. The first-order valence-electron chi connectivity index (χ1n) is 5.66. The van der Waals surface area contributed by atoms with Gasteiger partial charge in [-0.2, -0.15) is 0 Å². The second-order valence-corrected chi connectivity index (χ2v) is 4.44. The molecule has 0 radical (unpaired) electrons. The molecule has 2 nitrogen and oxygen atoms in total. The summed E-state index contributed by atoms with van der Waals surface area (Å²) < 4.78 is 0. The predicted molar refractivity (Wildman–Crippen MR) is 67.3 cm³/mol. The third-order valence-corrected chi connectivity index (χ3v) is 3.54. The first-order valence-corrected chi connectivity index (χ1v) is 5.66. The van der Waals surface area contributed by atoms with Crippen LogP contribution in [-0.4, -0.2) is 6.54 Å². The largest absolute Gasteiger partial charge is 0.321 e. The second-order valence-electron chi connectivity index (χ2n) is 4.44. The summed E-state index contributed by atoms with van der Waals surface area (Å²) in [4.78, 5) is 0. The van der Waals surface area contributed by atoms with Crippen molar-refractivity contribution in [3.8, 4) is 0 Å². The van der Waals surface area contributed by atoms with Crippen molar-refractivity contribution >= 4 is 22.5 Å². The summed E-state index contributed by atoms with van der Waals surface area (Å²) in [6, 6.07) is 10.9. The van der Waals surface area contributed by atoms with E-state index < -0.39 is 0 Å². The van der Waals surface area contributed by atoms with E-state index in [0.717, 1.165) is 6.54 Å². The number of nitrogens with one attached hydrogen (secondary N) is 2. The van der Waals surface area contributed by atoms with E-state index >= 15 is 0 Å². The van der Waals surface area contributed by atoms with Gasteiger partial charge in [-0.25, -0.2) is 5.43 Å². The summed E-state index contributed by atoms with van der Waals surface area (Å²) in [5.41, 5.74) is 10.5. The fourth-order valence-corrected chi connectivity index (χ4v) is 2.81. The van der Waals surface area contributed by atoms with E-state index in [9.17, 15) is 0 Å². The Kier molecular flexibility index (Phi) is 1.50. The molecule has 0 saturated carbocycles. The molecule has 1 heterocycles. The lowest BCUT2D eigenvalue weighted by Gasteiger charge is -2.29. The van der Waals surface area contributed by atoms with Gasteiger partial charge < -0.3 is 5.43 Å². The van der Waals surface area contributed by atoms with Gasteiger partial charge in [-0.05, 0) is 28.0 Å². The summed E-state index contributed by atoms with van der Waals surface area (Å²) in [5, 5.41) is 2.76. The molecule has 78 valence electrons. The Balaban J connectivity index is 2.21. The van der Waals surface area contributed by atoms with Crippen LogP contribution >= 0.6 is 0 Å². The minimum Gasteiger partial charge on any atom is -0.321 e. The monoisotopic (exact) mass is 208 g/mol. The molecule has 16 heavy (non-hydrogen) atoms. The highest BCUT2D eigenvalue weighted by Gasteiger charge is 2.23. The van der Waals surface area contributed by atoms with Gasteiger partial charge in [0.15, 0.2) is 0 Å². The van der Waals surface area contributed by atoms with Crippen LogP contribution < -0.4 is 10.9 Å². The summed E-state index contributed by atoms with van der Waals surface area (Å²) >= 11 is 0. The lowest BCUT2D eigenvalue weighted by molar-refractivity contribution is 0.691. The molecule has 1 aliphatic carbocycles. The van der Waals surface area contributed by atoms with Gasteiger partial charge in [0, 0.05) is 12.5 Å². The van der Waals surface area contributed by atoms with Gasteiger partial charge in [-0.1, -0.05) is 36.4 Å². The molecule has 0 spiro atoms. The van der Waals surface area contributed by atoms with Crippen LogP contribution in [0.5, 0.6) is 0 Å². The Bertz CT molecular complexity index is 613. The Morgan fingerprint density at radius 3 is 3.12 bits per heavy atom. The van der Waals surface area contributed by atoms with Gasteiger partial charge in [0.1, 0.15) is 0 Å². The van der Waals surface area contributed by atoms with Gasteiger partial charge in [0.2, 0.25) is 0 Å². The van der Waals surface area contributed by atoms with Crippen LogP contribution in [0.4, 0.5) is 5.69 Å². The molecule has 0 amide bonds. The van der Waals surface area contributed by atoms with E-state index in [2.05, 4.69) is 53.3 Å². The summed E-state index contributed by atoms with van der Waals surface area (Å²) in [5.74, 6) is 0.509. The Hall–Kier alpha value is -1.80. The molecule has 0 fully saturated rings. The maximum absolute atomic E-state index is 3.26. The van der Waals surface area contributed by atoms with Crippen LogP contribution in [0.1, 0.15) is 17.0 Å². The third kappa shape index (κ3) is 0.947. The van der Waals surface area contributed by atoms with E-state index in [1.54, 1.807) is 0 Å². The molecule has 0 bridgehead atoms. The molecule has 2 aromatic rings. The SMILES string of the molecule is C1=CC2CNNc3ccc4cccc1c4c32. The second kappa shape index (κ2) is 2.86. The number of anilines is 1. The molecular weight excluding hydrogens is 196 g/mol. The molecule has 1 atom stereocenters. The Morgan fingerprint density at radius 2 is 2.12 bits per heavy atom. The van der Waals surface area contributed by atoms with Gasteiger partial charge in [-0.3, -0.25) is 0 Å². The lowest BCUT2D eigenvalue weighted by Crippen LogP contribution is -2.33. The van der Waals surface area contributed by atoms with Crippen LogP contribution in [0.3, 0.4) is 0 Å². The fourth-order valence-electron chi connectivity index (χ4n) is 2.81. The number of hydrazine groups is 1. The van der Waals surface area contributed by atoms with E-state index in [1.165, 1.54) is 27.6 Å². The molecule has 0 aromatic heterocycles. The van der Waals surface area contributed by atoms with Crippen molar-refractivity contribution < 1.29 is 0 Å². The molecule has 0 saturated heterocycles. The van der Waals surface area contributed by atoms with Crippen LogP contribution in [0, 0.1) is 0 Å². The predicted octanol–water partition coefficient (Wildman–Crippen LogP) is 2.88. The minimum absolute atomic E-state index is 0.509. The highest BCUT2D eigenvalue weighted by atomic mass is 15.4. The van der Waals surface area contributed by atoms with E-state index in [4.69, 9.17) is 0 Å². The molecule has 2 heteroatoms. The molecule has 2 aliphatic rings. The first-order chi connectivity index (χ1) is 7.93. The molecular formula is C14H12N2. The van der Waals surface area contributed by atoms with Gasteiger partial charge in [0.05, 0.1) is 5.69 Å². The molecule has 4 rings (SSSR count). The van der Waals surface area contributed by atoms with E-state index in [0.29, 0.717) is 5.92 Å². The molecule has 2 N–H and O–H groups in total. The average molecular weight is 208 g/mol. The van der Waals surface area contributed by atoms with Crippen LogP contribution in [0.2, 0.25) is 0 Å². The summed E-state index contributed by atoms with van der Waals surface area (Å²) in [6.07, 6.45) is 4.55. The molecule has 1 unspecified atom stereocenters. The van der Waals surface area contributed by atoms with Crippen LogP contribution in [-0.2, 0) is 0 Å².